The highest BCUT2D eigenvalue weighted by atomic mass is 79.9. The summed E-state index contributed by atoms with van der Waals surface area (Å²) >= 11 is 3.60. The molecule has 1 atom stereocenters. The molecule has 0 amide bonds. The van der Waals surface area contributed by atoms with Gasteiger partial charge in [-0.2, -0.15) is 4.68 Å². The van der Waals surface area contributed by atoms with Crippen LogP contribution in [0.5, 0.6) is 0 Å². The van der Waals surface area contributed by atoms with E-state index in [1.165, 1.54) is 5.56 Å². The van der Waals surface area contributed by atoms with Gasteiger partial charge in [0.25, 0.3) is 0 Å². The first-order valence-corrected chi connectivity index (χ1v) is 7.94. The first-order valence-electron chi connectivity index (χ1n) is 6.82. The molecule has 5 heteroatoms. The Morgan fingerprint density at radius 2 is 1.62 bits per heavy atom. The standard InChI is InChI=1S/C16H15BrN4/c17-12-14(13-7-3-1-4-8-13)11-16-18-19-20-21(16)15-9-5-2-6-10-15/h1-10,14H,11-12H2. The van der Waals surface area contributed by atoms with Crippen molar-refractivity contribution in [3.63, 3.8) is 0 Å². The number of aromatic nitrogens is 4. The lowest BCUT2D eigenvalue weighted by atomic mass is 9.97. The molecule has 106 valence electrons. The smallest absolute Gasteiger partial charge is 0.157 e. The minimum Gasteiger partial charge on any atom is -0.197 e. The third-order valence-corrected chi connectivity index (χ3v) is 4.20. The van der Waals surface area contributed by atoms with Gasteiger partial charge in [-0.25, -0.2) is 0 Å². The number of para-hydroxylation sites is 1. The van der Waals surface area contributed by atoms with Gasteiger partial charge in [-0.05, 0) is 28.1 Å². The van der Waals surface area contributed by atoms with Crippen molar-refractivity contribution in [2.75, 3.05) is 5.33 Å². The van der Waals surface area contributed by atoms with Crippen molar-refractivity contribution in [1.29, 1.82) is 0 Å². The first kappa shape index (κ1) is 13.9. The molecule has 0 aliphatic heterocycles. The van der Waals surface area contributed by atoms with Crippen molar-refractivity contribution < 1.29 is 0 Å². The molecule has 3 aromatic rings. The molecule has 1 aromatic heterocycles. The quantitative estimate of drug-likeness (QED) is 0.667. The van der Waals surface area contributed by atoms with Crippen LogP contribution in [0.15, 0.2) is 60.7 Å². The normalized spacial score (nSPS) is 12.2. The Bertz CT molecular complexity index is 682. The molecule has 0 N–H and O–H groups in total. The van der Waals surface area contributed by atoms with Crippen molar-refractivity contribution in [3.05, 3.63) is 72.1 Å². The Labute approximate surface area is 131 Å². The highest BCUT2D eigenvalue weighted by molar-refractivity contribution is 9.09. The lowest BCUT2D eigenvalue weighted by Crippen LogP contribution is -2.10. The summed E-state index contributed by atoms with van der Waals surface area (Å²) in [5, 5.41) is 13.0. The summed E-state index contributed by atoms with van der Waals surface area (Å²) < 4.78 is 1.80. The molecule has 0 aliphatic carbocycles. The minimum absolute atomic E-state index is 0.347. The zero-order valence-electron chi connectivity index (χ0n) is 11.4. The van der Waals surface area contributed by atoms with Crippen molar-refractivity contribution in [1.82, 2.24) is 20.2 Å². The van der Waals surface area contributed by atoms with Gasteiger partial charge in [0.1, 0.15) is 0 Å². The van der Waals surface area contributed by atoms with Crippen LogP contribution in [0.4, 0.5) is 0 Å². The van der Waals surface area contributed by atoms with Crippen molar-refractivity contribution in [2.24, 2.45) is 0 Å². The van der Waals surface area contributed by atoms with Crippen LogP contribution in [-0.2, 0) is 6.42 Å². The Kier molecular flexibility index (Phi) is 4.40. The van der Waals surface area contributed by atoms with Gasteiger partial charge in [-0.3, -0.25) is 0 Å². The molecule has 0 aliphatic rings. The van der Waals surface area contributed by atoms with E-state index >= 15 is 0 Å². The van der Waals surface area contributed by atoms with Gasteiger partial charge >= 0.3 is 0 Å². The van der Waals surface area contributed by atoms with Crippen LogP contribution in [0.1, 0.15) is 17.3 Å². The van der Waals surface area contributed by atoms with Gasteiger partial charge in [0, 0.05) is 17.7 Å². The molecule has 1 heterocycles. The SMILES string of the molecule is BrCC(Cc1nnnn1-c1ccccc1)c1ccccc1. The molecule has 0 saturated carbocycles. The number of hydrogen-bond donors (Lipinski definition) is 0. The zero-order valence-corrected chi connectivity index (χ0v) is 13.0. The fraction of sp³-hybridized carbons (Fsp3) is 0.188. The first-order chi connectivity index (χ1) is 10.4. The average molecular weight is 343 g/mol. The van der Waals surface area contributed by atoms with E-state index in [1.54, 1.807) is 4.68 Å². The molecular formula is C16H15BrN4. The molecule has 0 fully saturated rings. The molecule has 4 nitrogen and oxygen atoms in total. The van der Waals surface area contributed by atoms with E-state index in [0.29, 0.717) is 5.92 Å². The Morgan fingerprint density at radius 1 is 0.952 bits per heavy atom. The van der Waals surface area contributed by atoms with Crippen molar-refractivity contribution in [3.8, 4) is 5.69 Å². The van der Waals surface area contributed by atoms with Crippen LogP contribution >= 0.6 is 15.9 Å². The number of hydrogen-bond acceptors (Lipinski definition) is 3. The molecule has 21 heavy (non-hydrogen) atoms. The highest BCUT2D eigenvalue weighted by Crippen LogP contribution is 2.22. The second-order valence-corrected chi connectivity index (χ2v) is 5.46. The van der Waals surface area contributed by atoms with Crippen molar-refractivity contribution >= 4 is 15.9 Å². The second kappa shape index (κ2) is 6.63. The minimum atomic E-state index is 0.347. The Morgan fingerprint density at radius 3 is 2.29 bits per heavy atom. The topological polar surface area (TPSA) is 43.6 Å². The molecule has 0 bridgehead atoms. The van der Waals surface area contributed by atoms with E-state index in [4.69, 9.17) is 0 Å². The summed E-state index contributed by atoms with van der Waals surface area (Å²) in [7, 11) is 0. The van der Waals surface area contributed by atoms with Gasteiger partial charge in [0.05, 0.1) is 5.69 Å². The summed E-state index contributed by atoms with van der Waals surface area (Å²) in [6.07, 6.45) is 0.789. The number of rotatable bonds is 5. The average Bonchev–Trinajstić information content (AvgIpc) is 3.02. The highest BCUT2D eigenvalue weighted by Gasteiger charge is 2.16. The largest absolute Gasteiger partial charge is 0.197 e. The monoisotopic (exact) mass is 342 g/mol. The lowest BCUT2D eigenvalue weighted by molar-refractivity contribution is 0.694. The summed E-state index contributed by atoms with van der Waals surface area (Å²) in [5.74, 6) is 1.22. The number of alkyl halides is 1. The lowest BCUT2D eigenvalue weighted by Gasteiger charge is -2.14. The van der Waals surface area contributed by atoms with E-state index in [0.717, 1.165) is 23.3 Å². The predicted octanol–water partition coefficient (Wildman–Crippen LogP) is 3.38. The van der Waals surface area contributed by atoms with Crippen LogP contribution in [0.2, 0.25) is 0 Å². The van der Waals surface area contributed by atoms with E-state index in [2.05, 4.69) is 55.7 Å². The van der Waals surface area contributed by atoms with Crippen molar-refractivity contribution in [2.45, 2.75) is 12.3 Å². The van der Waals surface area contributed by atoms with Crippen LogP contribution in [-0.4, -0.2) is 25.5 Å². The molecule has 0 saturated heterocycles. The van der Waals surface area contributed by atoms with Crippen LogP contribution in [0.25, 0.3) is 5.69 Å². The van der Waals surface area contributed by atoms with Gasteiger partial charge in [-0.15, -0.1) is 5.10 Å². The maximum absolute atomic E-state index is 4.19. The van der Waals surface area contributed by atoms with Gasteiger partial charge in [-0.1, -0.05) is 64.5 Å². The van der Waals surface area contributed by atoms with E-state index in [9.17, 15) is 0 Å². The van der Waals surface area contributed by atoms with Gasteiger partial charge in [0.2, 0.25) is 0 Å². The predicted molar refractivity (Wildman–Crippen MR) is 85.8 cm³/mol. The van der Waals surface area contributed by atoms with E-state index < -0.39 is 0 Å². The third kappa shape index (κ3) is 3.19. The Hall–Kier alpha value is -2.01. The van der Waals surface area contributed by atoms with Crippen LogP contribution in [0, 0.1) is 0 Å². The summed E-state index contributed by atoms with van der Waals surface area (Å²) in [5.41, 5.74) is 2.27. The maximum atomic E-state index is 4.19. The zero-order chi connectivity index (χ0) is 14.5. The number of halogens is 1. The fourth-order valence-electron chi connectivity index (χ4n) is 2.31. The summed E-state index contributed by atoms with van der Waals surface area (Å²) in [4.78, 5) is 0. The summed E-state index contributed by atoms with van der Waals surface area (Å²) in [6.45, 7) is 0. The molecule has 2 aromatic carbocycles. The number of benzene rings is 2. The summed E-state index contributed by atoms with van der Waals surface area (Å²) in [6, 6.07) is 20.4. The van der Waals surface area contributed by atoms with E-state index in [1.807, 2.05) is 36.4 Å². The molecule has 3 rings (SSSR count). The third-order valence-electron chi connectivity index (χ3n) is 3.42. The molecular weight excluding hydrogens is 328 g/mol. The van der Waals surface area contributed by atoms with Gasteiger partial charge < -0.3 is 0 Å². The Balaban J connectivity index is 1.87. The molecule has 0 spiro atoms. The maximum Gasteiger partial charge on any atom is 0.157 e. The van der Waals surface area contributed by atoms with Gasteiger partial charge in [0.15, 0.2) is 5.82 Å². The molecule has 1 unspecified atom stereocenters. The number of tetrazole rings is 1. The van der Waals surface area contributed by atoms with Crippen LogP contribution < -0.4 is 0 Å². The fourth-order valence-corrected chi connectivity index (χ4v) is 2.91. The van der Waals surface area contributed by atoms with E-state index in [-0.39, 0.29) is 0 Å². The number of nitrogens with zero attached hydrogens (tertiary/aromatic N) is 4. The second-order valence-electron chi connectivity index (χ2n) is 4.81. The van der Waals surface area contributed by atoms with Crippen LogP contribution in [0.3, 0.4) is 0 Å². The molecule has 0 radical (unpaired) electrons.